The molecule has 0 saturated carbocycles. The Morgan fingerprint density at radius 1 is 1.00 bits per heavy atom. The van der Waals surface area contributed by atoms with E-state index in [1.54, 1.807) is 25.6 Å². The fourth-order valence-electron chi connectivity index (χ4n) is 2.83. The highest BCUT2D eigenvalue weighted by molar-refractivity contribution is 5.59. The summed E-state index contributed by atoms with van der Waals surface area (Å²) in [5, 5.41) is 11.6. The number of nitrogens with zero attached hydrogens (tertiary/aromatic N) is 5. The van der Waals surface area contributed by atoms with Crippen molar-refractivity contribution in [1.82, 2.24) is 24.7 Å². The molecule has 0 radical (unpaired) electrons. The van der Waals surface area contributed by atoms with Crippen molar-refractivity contribution < 1.29 is 9.13 Å². The van der Waals surface area contributed by atoms with Crippen LogP contribution < -0.4 is 10.1 Å². The van der Waals surface area contributed by atoms with E-state index in [-0.39, 0.29) is 5.82 Å². The van der Waals surface area contributed by atoms with E-state index in [2.05, 4.69) is 25.5 Å². The monoisotopic (exact) mass is 390 g/mol. The van der Waals surface area contributed by atoms with Gasteiger partial charge >= 0.3 is 0 Å². The zero-order chi connectivity index (χ0) is 20.2. The maximum absolute atomic E-state index is 13.0. The minimum Gasteiger partial charge on any atom is -0.479 e. The van der Waals surface area contributed by atoms with Crippen LogP contribution in [0.15, 0.2) is 61.1 Å². The first-order valence-electron chi connectivity index (χ1n) is 9.01. The summed E-state index contributed by atoms with van der Waals surface area (Å²) in [4.78, 5) is 8.78. The molecule has 0 saturated heterocycles. The number of ether oxygens (including phenoxy) is 1. The quantitative estimate of drug-likeness (QED) is 0.540. The number of hydrogen-bond donors (Lipinski definition) is 1. The van der Waals surface area contributed by atoms with E-state index in [1.165, 1.54) is 12.1 Å². The normalized spacial score (nSPS) is 10.7. The zero-order valence-corrected chi connectivity index (χ0v) is 16.0. The number of anilines is 1. The van der Waals surface area contributed by atoms with E-state index in [0.717, 1.165) is 16.9 Å². The molecule has 4 rings (SSSR count). The summed E-state index contributed by atoms with van der Waals surface area (Å²) in [5.41, 5.74) is 3.94. The van der Waals surface area contributed by atoms with Crippen LogP contribution in [0.4, 0.5) is 10.2 Å². The molecule has 7 nitrogen and oxygen atoms in total. The molecule has 4 aromatic rings. The summed E-state index contributed by atoms with van der Waals surface area (Å²) in [7, 11) is 1.58. The second-order valence-electron chi connectivity index (χ2n) is 6.43. The molecule has 1 N–H and O–H groups in total. The molecule has 1 aromatic carbocycles. The first-order valence-corrected chi connectivity index (χ1v) is 9.01. The first-order chi connectivity index (χ1) is 14.1. The molecule has 3 heterocycles. The molecule has 29 heavy (non-hydrogen) atoms. The minimum absolute atomic E-state index is 0.255. The van der Waals surface area contributed by atoms with Gasteiger partial charge in [-0.05, 0) is 48.9 Å². The number of methoxy groups -OCH3 is 1. The SMILES string of the molecule is COc1nc(-c2ccc(NCc3ccc(F)cc3)nn2)ccc1-n1cnc(C)c1. The van der Waals surface area contributed by atoms with Crippen molar-refractivity contribution in [3.8, 4) is 23.0 Å². The number of nitrogens with one attached hydrogen (secondary N) is 1. The lowest BCUT2D eigenvalue weighted by Gasteiger charge is -2.10. The van der Waals surface area contributed by atoms with Crippen molar-refractivity contribution in [1.29, 1.82) is 0 Å². The largest absolute Gasteiger partial charge is 0.479 e. The summed E-state index contributed by atoms with van der Waals surface area (Å²) >= 11 is 0. The van der Waals surface area contributed by atoms with Gasteiger partial charge in [-0.2, -0.15) is 0 Å². The fraction of sp³-hybridized carbons (Fsp3) is 0.143. The average molecular weight is 390 g/mol. The Kier molecular flexibility index (Phi) is 5.15. The highest BCUT2D eigenvalue weighted by Crippen LogP contribution is 2.25. The molecule has 0 spiro atoms. The van der Waals surface area contributed by atoms with Crippen LogP contribution in [-0.2, 0) is 6.54 Å². The smallest absolute Gasteiger partial charge is 0.238 e. The van der Waals surface area contributed by atoms with Gasteiger partial charge in [0.05, 0.1) is 24.8 Å². The third kappa shape index (κ3) is 4.21. The Hall–Kier alpha value is -3.81. The van der Waals surface area contributed by atoms with Gasteiger partial charge < -0.3 is 14.6 Å². The van der Waals surface area contributed by atoms with E-state index in [1.807, 2.05) is 42.0 Å². The zero-order valence-electron chi connectivity index (χ0n) is 16.0. The average Bonchev–Trinajstić information content (AvgIpc) is 3.19. The summed E-state index contributed by atoms with van der Waals surface area (Å²) in [5.74, 6) is 0.839. The highest BCUT2D eigenvalue weighted by Gasteiger charge is 2.11. The maximum Gasteiger partial charge on any atom is 0.238 e. The van der Waals surface area contributed by atoms with E-state index >= 15 is 0 Å². The predicted molar refractivity (Wildman–Crippen MR) is 107 cm³/mol. The molecule has 146 valence electrons. The Balaban J connectivity index is 1.50. The summed E-state index contributed by atoms with van der Waals surface area (Å²) in [6.45, 7) is 2.45. The van der Waals surface area contributed by atoms with Crippen LogP contribution >= 0.6 is 0 Å². The van der Waals surface area contributed by atoms with E-state index in [0.29, 0.717) is 29.6 Å². The molecule has 0 atom stereocenters. The molecular formula is C21H19FN6O. The standard InChI is InChI=1S/C21H19FN6O/c1-14-12-28(13-24-14)19-9-7-17(25-21(19)29-2)18-8-10-20(27-26-18)23-11-15-3-5-16(22)6-4-15/h3-10,12-13H,11H2,1-2H3,(H,23,27). The number of benzene rings is 1. The summed E-state index contributed by atoms with van der Waals surface area (Å²) < 4.78 is 20.3. The lowest BCUT2D eigenvalue weighted by atomic mass is 10.2. The molecule has 0 unspecified atom stereocenters. The second kappa shape index (κ2) is 8.05. The van der Waals surface area contributed by atoms with Gasteiger partial charge in [-0.1, -0.05) is 12.1 Å². The van der Waals surface area contributed by atoms with Crippen molar-refractivity contribution in [3.05, 3.63) is 78.1 Å². The van der Waals surface area contributed by atoms with Gasteiger partial charge in [0, 0.05) is 12.7 Å². The van der Waals surface area contributed by atoms with Gasteiger partial charge in [0.1, 0.15) is 23.0 Å². The number of imidazole rings is 1. The number of halogens is 1. The van der Waals surface area contributed by atoms with Crippen LogP contribution in [0, 0.1) is 12.7 Å². The maximum atomic E-state index is 13.0. The van der Waals surface area contributed by atoms with Gasteiger partial charge in [-0.15, -0.1) is 10.2 Å². The van der Waals surface area contributed by atoms with Crippen LogP contribution in [-0.4, -0.2) is 31.8 Å². The van der Waals surface area contributed by atoms with Gasteiger partial charge in [-0.25, -0.2) is 14.4 Å². The van der Waals surface area contributed by atoms with Gasteiger partial charge in [0.15, 0.2) is 0 Å². The second-order valence-corrected chi connectivity index (χ2v) is 6.43. The number of hydrogen-bond acceptors (Lipinski definition) is 6. The van der Waals surface area contributed by atoms with Crippen molar-refractivity contribution in [2.24, 2.45) is 0 Å². The van der Waals surface area contributed by atoms with Crippen LogP contribution in [0.3, 0.4) is 0 Å². The van der Waals surface area contributed by atoms with Crippen molar-refractivity contribution in [3.63, 3.8) is 0 Å². The molecule has 0 aliphatic carbocycles. The van der Waals surface area contributed by atoms with Crippen LogP contribution in [0.5, 0.6) is 5.88 Å². The molecule has 8 heteroatoms. The van der Waals surface area contributed by atoms with Crippen molar-refractivity contribution in [2.45, 2.75) is 13.5 Å². The lowest BCUT2D eigenvalue weighted by molar-refractivity contribution is 0.396. The lowest BCUT2D eigenvalue weighted by Crippen LogP contribution is -2.03. The van der Waals surface area contributed by atoms with Crippen LogP contribution in [0.2, 0.25) is 0 Å². The highest BCUT2D eigenvalue weighted by atomic mass is 19.1. The predicted octanol–water partition coefficient (Wildman–Crippen LogP) is 3.79. The van der Waals surface area contributed by atoms with E-state index in [4.69, 9.17) is 4.74 Å². The van der Waals surface area contributed by atoms with E-state index in [9.17, 15) is 4.39 Å². The molecule has 0 aliphatic heterocycles. The molecule has 3 aromatic heterocycles. The number of aromatic nitrogens is 5. The Morgan fingerprint density at radius 2 is 1.79 bits per heavy atom. The first kappa shape index (κ1) is 18.5. The van der Waals surface area contributed by atoms with Gasteiger partial charge in [-0.3, -0.25) is 0 Å². The molecule has 0 amide bonds. The van der Waals surface area contributed by atoms with Gasteiger partial charge in [0.25, 0.3) is 0 Å². The topological polar surface area (TPSA) is 77.8 Å². The minimum atomic E-state index is -0.255. The Labute approximate surface area is 167 Å². The Morgan fingerprint density at radius 3 is 2.45 bits per heavy atom. The summed E-state index contributed by atoms with van der Waals surface area (Å²) in [6.07, 6.45) is 3.62. The van der Waals surface area contributed by atoms with Crippen molar-refractivity contribution >= 4 is 5.82 Å². The van der Waals surface area contributed by atoms with Crippen LogP contribution in [0.1, 0.15) is 11.3 Å². The fourth-order valence-corrected chi connectivity index (χ4v) is 2.83. The summed E-state index contributed by atoms with van der Waals surface area (Å²) in [6, 6.07) is 13.7. The molecule has 0 fully saturated rings. The van der Waals surface area contributed by atoms with Gasteiger partial charge in [0.2, 0.25) is 5.88 Å². The van der Waals surface area contributed by atoms with Crippen molar-refractivity contribution in [2.75, 3.05) is 12.4 Å². The Bertz CT molecular complexity index is 1110. The molecule has 0 bridgehead atoms. The van der Waals surface area contributed by atoms with E-state index < -0.39 is 0 Å². The molecule has 0 aliphatic rings. The van der Waals surface area contributed by atoms with Crippen LogP contribution in [0.25, 0.3) is 17.1 Å². The third-order valence-corrected chi connectivity index (χ3v) is 4.34. The third-order valence-electron chi connectivity index (χ3n) is 4.34. The number of rotatable bonds is 6. The molecular weight excluding hydrogens is 371 g/mol. The number of aryl methyl sites for hydroxylation is 1. The number of pyridine rings is 1.